The van der Waals surface area contributed by atoms with Crippen molar-refractivity contribution in [3.05, 3.63) is 76.5 Å². The Morgan fingerprint density at radius 3 is 2.55 bits per heavy atom. The first-order valence-electron chi connectivity index (χ1n) is 10.6. The number of hydrogen-bond donors (Lipinski definition) is 1. The van der Waals surface area contributed by atoms with E-state index in [4.69, 9.17) is 23.2 Å². The lowest BCUT2D eigenvalue weighted by atomic mass is 9.94. The van der Waals surface area contributed by atoms with Crippen molar-refractivity contribution >= 4 is 45.0 Å². The van der Waals surface area contributed by atoms with Crippen molar-refractivity contribution in [2.24, 2.45) is 0 Å². The smallest absolute Gasteiger partial charge is 0.264 e. The molecule has 0 bridgehead atoms. The number of carbonyl (C=O) groups is 2. The molecular formula is C23H23Cl2N3O4S. The molecule has 0 aromatic heterocycles. The molecule has 2 aliphatic heterocycles. The molecule has 0 spiro atoms. The third kappa shape index (κ3) is 4.88. The molecule has 0 aliphatic carbocycles. The second kappa shape index (κ2) is 9.75. The van der Waals surface area contributed by atoms with Crippen LogP contribution in [0.1, 0.15) is 37.3 Å². The van der Waals surface area contributed by atoms with E-state index in [-0.39, 0.29) is 33.3 Å². The summed E-state index contributed by atoms with van der Waals surface area (Å²) in [5, 5.41) is 2.81. The van der Waals surface area contributed by atoms with E-state index in [9.17, 15) is 18.0 Å². The van der Waals surface area contributed by atoms with Gasteiger partial charge in [0, 0.05) is 18.9 Å². The van der Waals surface area contributed by atoms with Crippen molar-refractivity contribution in [3.8, 4) is 0 Å². The molecule has 0 unspecified atom stereocenters. The molecule has 2 amide bonds. The van der Waals surface area contributed by atoms with Gasteiger partial charge in [0.2, 0.25) is 11.8 Å². The second-order valence-electron chi connectivity index (χ2n) is 7.96. The first kappa shape index (κ1) is 23.6. The van der Waals surface area contributed by atoms with Crippen molar-refractivity contribution < 1.29 is 18.0 Å². The number of carbonyl (C=O) groups excluding carboxylic acids is 2. The number of piperidine rings is 1. The Bertz CT molecular complexity index is 1190. The number of nitrogens with zero attached hydrogens (tertiary/aromatic N) is 2. The third-order valence-electron chi connectivity index (χ3n) is 5.90. The highest BCUT2D eigenvalue weighted by Crippen LogP contribution is 2.33. The van der Waals surface area contributed by atoms with Crippen LogP contribution >= 0.6 is 23.2 Å². The van der Waals surface area contributed by atoms with Crippen LogP contribution < -0.4 is 5.32 Å². The zero-order chi connectivity index (χ0) is 23.6. The minimum Gasteiger partial charge on any atom is -0.336 e. The summed E-state index contributed by atoms with van der Waals surface area (Å²) in [6.45, 7) is 0.558. The Hall–Kier alpha value is -2.55. The van der Waals surface area contributed by atoms with E-state index in [0.29, 0.717) is 6.54 Å². The van der Waals surface area contributed by atoms with Gasteiger partial charge in [-0.2, -0.15) is 0 Å². The number of rotatable bonds is 5. The van der Waals surface area contributed by atoms with E-state index in [2.05, 4.69) is 5.32 Å². The highest BCUT2D eigenvalue weighted by Gasteiger charge is 2.39. The molecule has 2 aromatic carbocycles. The average molecular weight is 508 g/mol. The Kier molecular flexibility index (Phi) is 6.97. The minimum atomic E-state index is -4.15. The number of amides is 2. The maximum absolute atomic E-state index is 13.4. The normalized spacial score (nSPS) is 21.1. The van der Waals surface area contributed by atoms with Crippen LogP contribution in [0.2, 0.25) is 10.0 Å². The Morgan fingerprint density at radius 2 is 1.82 bits per heavy atom. The quantitative estimate of drug-likeness (QED) is 0.659. The standard InChI is InChI=1S/C23H23Cl2N3O4S/c24-18-10-9-17(14-19(18)25)33(31,32)28-13-11-26-23(30)21(28)15-22(29)27-12-5-4-8-20(27)16-6-2-1-3-7-16/h1-3,6-7,9-11,13-14,20-21H,4-5,8,12,15H2,(H,26,30)/t20-,21-/m1/s1. The maximum atomic E-state index is 13.4. The van der Waals surface area contributed by atoms with Crippen molar-refractivity contribution in [3.63, 3.8) is 0 Å². The summed E-state index contributed by atoms with van der Waals surface area (Å²) in [6.07, 6.45) is 4.89. The fourth-order valence-corrected chi connectivity index (χ4v) is 6.07. The maximum Gasteiger partial charge on any atom is 0.264 e. The Labute approximate surface area is 203 Å². The molecular weight excluding hydrogens is 485 g/mol. The first-order chi connectivity index (χ1) is 15.8. The van der Waals surface area contributed by atoms with Crippen LogP contribution in [0.5, 0.6) is 0 Å². The molecule has 4 rings (SSSR count). The van der Waals surface area contributed by atoms with Gasteiger partial charge in [-0.3, -0.25) is 13.9 Å². The molecule has 2 heterocycles. The molecule has 0 saturated carbocycles. The highest BCUT2D eigenvalue weighted by atomic mass is 35.5. The van der Waals surface area contributed by atoms with E-state index >= 15 is 0 Å². The van der Waals surface area contributed by atoms with Crippen LogP contribution in [-0.4, -0.2) is 42.0 Å². The lowest BCUT2D eigenvalue weighted by Crippen LogP contribution is -2.52. The molecule has 2 atom stereocenters. The van der Waals surface area contributed by atoms with Crippen molar-refractivity contribution in [2.75, 3.05) is 6.54 Å². The molecule has 2 aliphatic rings. The number of halogens is 2. The fourth-order valence-electron chi connectivity index (χ4n) is 4.23. The molecule has 10 heteroatoms. The monoisotopic (exact) mass is 507 g/mol. The largest absolute Gasteiger partial charge is 0.336 e. The van der Waals surface area contributed by atoms with E-state index in [1.165, 1.54) is 30.6 Å². The van der Waals surface area contributed by atoms with Gasteiger partial charge in [-0.15, -0.1) is 0 Å². The van der Waals surface area contributed by atoms with E-state index in [1.54, 1.807) is 4.90 Å². The molecule has 1 N–H and O–H groups in total. The number of nitrogens with one attached hydrogen (secondary N) is 1. The molecule has 1 saturated heterocycles. The molecule has 0 radical (unpaired) electrons. The summed E-state index contributed by atoms with van der Waals surface area (Å²) < 4.78 is 27.6. The molecule has 2 aromatic rings. The van der Waals surface area contributed by atoms with Gasteiger partial charge in [0.25, 0.3) is 10.0 Å². The lowest BCUT2D eigenvalue weighted by Gasteiger charge is -2.38. The summed E-state index contributed by atoms with van der Waals surface area (Å²) in [5.74, 6) is -0.837. The average Bonchev–Trinajstić information content (AvgIpc) is 2.82. The van der Waals surface area contributed by atoms with Crippen LogP contribution in [0.25, 0.3) is 0 Å². The summed E-state index contributed by atoms with van der Waals surface area (Å²) in [5.41, 5.74) is 1.03. The van der Waals surface area contributed by atoms with Gasteiger partial charge >= 0.3 is 0 Å². The van der Waals surface area contributed by atoms with Crippen LogP contribution in [0.4, 0.5) is 0 Å². The number of likely N-dealkylation sites (tertiary alicyclic amines) is 1. The molecule has 7 nitrogen and oxygen atoms in total. The number of hydrogen-bond acceptors (Lipinski definition) is 4. The summed E-state index contributed by atoms with van der Waals surface area (Å²) in [7, 11) is -4.15. The van der Waals surface area contributed by atoms with E-state index in [0.717, 1.165) is 29.1 Å². The van der Waals surface area contributed by atoms with Crippen LogP contribution in [-0.2, 0) is 19.6 Å². The Morgan fingerprint density at radius 1 is 1.06 bits per heavy atom. The molecule has 174 valence electrons. The predicted molar refractivity (Wildman–Crippen MR) is 126 cm³/mol. The van der Waals surface area contributed by atoms with E-state index < -0.39 is 22.0 Å². The van der Waals surface area contributed by atoms with Gasteiger partial charge in [-0.05, 0) is 43.0 Å². The molecule has 33 heavy (non-hydrogen) atoms. The predicted octanol–water partition coefficient (Wildman–Crippen LogP) is 4.10. The second-order valence-corrected chi connectivity index (χ2v) is 10.6. The fraction of sp³-hybridized carbons (Fsp3) is 0.304. The minimum absolute atomic E-state index is 0.0785. The summed E-state index contributed by atoms with van der Waals surface area (Å²) in [4.78, 5) is 27.7. The SMILES string of the molecule is O=C1NC=CN(S(=O)(=O)c2ccc(Cl)c(Cl)c2)[C@@H]1CC(=O)N1CCCC[C@@H]1c1ccccc1. The van der Waals surface area contributed by atoms with Crippen LogP contribution in [0.3, 0.4) is 0 Å². The number of sulfonamides is 1. The van der Waals surface area contributed by atoms with Gasteiger partial charge in [0.1, 0.15) is 6.04 Å². The van der Waals surface area contributed by atoms with Crippen molar-refractivity contribution in [2.45, 2.75) is 42.7 Å². The van der Waals surface area contributed by atoms with Crippen LogP contribution in [0.15, 0.2) is 65.8 Å². The zero-order valence-electron chi connectivity index (χ0n) is 17.7. The van der Waals surface area contributed by atoms with Crippen LogP contribution in [0, 0.1) is 0 Å². The molecule has 1 fully saturated rings. The van der Waals surface area contributed by atoms with Gasteiger partial charge < -0.3 is 10.2 Å². The van der Waals surface area contributed by atoms with Gasteiger partial charge in [-0.25, -0.2) is 8.42 Å². The lowest BCUT2D eigenvalue weighted by molar-refractivity contribution is -0.138. The van der Waals surface area contributed by atoms with Gasteiger partial charge in [0.15, 0.2) is 0 Å². The summed E-state index contributed by atoms with van der Waals surface area (Å²) in [6, 6.07) is 12.3. The van der Waals surface area contributed by atoms with Gasteiger partial charge in [-0.1, -0.05) is 53.5 Å². The highest BCUT2D eigenvalue weighted by molar-refractivity contribution is 7.89. The first-order valence-corrected chi connectivity index (χ1v) is 12.8. The van der Waals surface area contributed by atoms with E-state index in [1.807, 2.05) is 30.3 Å². The number of benzene rings is 2. The third-order valence-corrected chi connectivity index (χ3v) is 8.42. The summed E-state index contributed by atoms with van der Waals surface area (Å²) >= 11 is 11.9. The van der Waals surface area contributed by atoms with Crippen molar-refractivity contribution in [1.29, 1.82) is 0 Å². The van der Waals surface area contributed by atoms with Gasteiger partial charge in [0.05, 0.1) is 27.4 Å². The Balaban J connectivity index is 1.61. The van der Waals surface area contributed by atoms with Crippen molar-refractivity contribution in [1.82, 2.24) is 14.5 Å². The topological polar surface area (TPSA) is 86.8 Å². The zero-order valence-corrected chi connectivity index (χ0v) is 20.0.